The topological polar surface area (TPSA) is 36.9 Å². The largest absolute Gasteiger partial charge is 0.381 e. The molecular formula is C20H31FIN3O. The van der Waals surface area contributed by atoms with Crippen LogP contribution in [0, 0.1) is 11.2 Å². The summed E-state index contributed by atoms with van der Waals surface area (Å²) in [5, 5.41) is 3.43. The second-order valence-electron chi connectivity index (χ2n) is 8.04. The van der Waals surface area contributed by atoms with Gasteiger partial charge in [-0.1, -0.05) is 26.0 Å². The first-order chi connectivity index (χ1) is 11.9. The van der Waals surface area contributed by atoms with E-state index in [2.05, 4.69) is 31.0 Å². The maximum absolute atomic E-state index is 13.6. The first-order valence-electron chi connectivity index (χ1n) is 9.31. The normalized spacial score (nSPS) is 23.4. The molecule has 1 N–H and O–H groups in total. The fraction of sp³-hybridized carbons (Fsp3) is 0.650. The highest BCUT2D eigenvalue weighted by Gasteiger charge is 2.42. The lowest BCUT2D eigenvalue weighted by Crippen LogP contribution is -2.42. The van der Waals surface area contributed by atoms with E-state index < -0.39 is 0 Å². The first-order valence-corrected chi connectivity index (χ1v) is 9.31. The highest BCUT2D eigenvalue weighted by molar-refractivity contribution is 14.0. The third kappa shape index (κ3) is 4.88. The molecule has 2 aliphatic rings. The number of nitrogens with zero attached hydrogens (tertiary/aromatic N) is 2. The quantitative estimate of drug-likeness (QED) is 0.409. The van der Waals surface area contributed by atoms with E-state index in [0.717, 1.165) is 50.8 Å². The lowest BCUT2D eigenvalue weighted by molar-refractivity contribution is 0.156. The van der Waals surface area contributed by atoms with E-state index >= 15 is 0 Å². The van der Waals surface area contributed by atoms with Crippen LogP contribution in [0.4, 0.5) is 4.39 Å². The summed E-state index contributed by atoms with van der Waals surface area (Å²) in [7, 11) is 0. The Kier molecular flexibility index (Phi) is 7.30. The zero-order valence-electron chi connectivity index (χ0n) is 16.1. The molecule has 6 heteroatoms. The Balaban J connectivity index is 0.00000243. The number of ether oxygens (including phenoxy) is 1. The Morgan fingerprint density at radius 3 is 2.85 bits per heavy atom. The molecule has 0 amide bonds. The number of benzene rings is 1. The Morgan fingerprint density at radius 1 is 1.38 bits per heavy atom. The van der Waals surface area contributed by atoms with Gasteiger partial charge >= 0.3 is 0 Å². The van der Waals surface area contributed by atoms with Gasteiger partial charge in [0.25, 0.3) is 0 Å². The molecular weight excluding hydrogens is 444 g/mol. The van der Waals surface area contributed by atoms with Crippen LogP contribution in [0.15, 0.2) is 29.3 Å². The maximum Gasteiger partial charge on any atom is 0.193 e. The smallest absolute Gasteiger partial charge is 0.193 e. The SMILES string of the molecule is CCNC(=NCC(C)(C)c1cccc(F)c1)N1CCC2(CCOC2)C1.I. The summed E-state index contributed by atoms with van der Waals surface area (Å²) in [6, 6.07) is 6.85. The van der Waals surface area contributed by atoms with Gasteiger partial charge in [0.05, 0.1) is 13.2 Å². The van der Waals surface area contributed by atoms with Crippen LogP contribution < -0.4 is 5.32 Å². The Labute approximate surface area is 173 Å². The number of halogens is 2. The summed E-state index contributed by atoms with van der Waals surface area (Å²) < 4.78 is 19.2. The fourth-order valence-electron chi connectivity index (χ4n) is 3.79. The standard InChI is InChI=1S/C20H30FN3O.HI/c1-4-22-18(24-10-8-20(14-24)9-11-25-15-20)23-13-19(2,3)16-6-5-7-17(21)12-16;/h5-7,12H,4,8-11,13-15H2,1-3H3,(H,22,23);1H. The second kappa shape index (κ2) is 8.87. The minimum atomic E-state index is -0.212. The lowest BCUT2D eigenvalue weighted by atomic mass is 9.85. The van der Waals surface area contributed by atoms with Crippen molar-refractivity contribution >= 4 is 29.9 Å². The van der Waals surface area contributed by atoms with Gasteiger partial charge in [-0.3, -0.25) is 4.99 Å². The van der Waals surface area contributed by atoms with Gasteiger partial charge in [0.15, 0.2) is 5.96 Å². The molecule has 0 radical (unpaired) electrons. The molecule has 0 aromatic heterocycles. The molecule has 2 aliphatic heterocycles. The Bertz CT molecular complexity index is 629. The van der Waals surface area contributed by atoms with Gasteiger partial charge in [-0.2, -0.15) is 0 Å². The van der Waals surface area contributed by atoms with Crippen molar-refractivity contribution in [1.82, 2.24) is 10.2 Å². The molecule has 0 aliphatic carbocycles. The van der Waals surface area contributed by atoms with E-state index in [1.54, 1.807) is 12.1 Å². The fourth-order valence-corrected chi connectivity index (χ4v) is 3.79. The zero-order chi connectivity index (χ0) is 17.9. The predicted octanol–water partition coefficient (Wildman–Crippen LogP) is 3.80. The molecule has 1 aromatic carbocycles. The van der Waals surface area contributed by atoms with Gasteiger partial charge in [-0.25, -0.2) is 4.39 Å². The molecule has 26 heavy (non-hydrogen) atoms. The summed E-state index contributed by atoms with van der Waals surface area (Å²) >= 11 is 0. The van der Waals surface area contributed by atoms with Gasteiger partial charge in [0.2, 0.25) is 0 Å². The van der Waals surface area contributed by atoms with Crippen molar-refractivity contribution in [3.63, 3.8) is 0 Å². The maximum atomic E-state index is 13.6. The number of hydrogen-bond donors (Lipinski definition) is 1. The molecule has 2 saturated heterocycles. The van der Waals surface area contributed by atoms with Crippen LogP contribution >= 0.6 is 24.0 Å². The van der Waals surface area contributed by atoms with Gasteiger partial charge < -0.3 is 15.0 Å². The van der Waals surface area contributed by atoms with Gasteiger partial charge in [0.1, 0.15) is 5.82 Å². The third-order valence-electron chi connectivity index (χ3n) is 5.49. The lowest BCUT2D eigenvalue weighted by Gasteiger charge is -2.27. The molecule has 4 nitrogen and oxygen atoms in total. The average molecular weight is 475 g/mol. The van der Waals surface area contributed by atoms with Crippen molar-refractivity contribution in [2.24, 2.45) is 10.4 Å². The molecule has 1 spiro atoms. The highest BCUT2D eigenvalue weighted by atomic mass is 127. The second-order valence-corrected chi connectivity index (χ2v) is 8.04. The number of hydrogen-bond acceptors (Lipinski definition) is 2. The molecule has 0 saturated carbocycles. The summed E-state index contributed by atoms with van der Waals surface area (Å²) in [6.45, 7) is 11.6. The number of nitrogens with one attached hydrogen (secondary N) is 1. The van der Waals surface area contributed by atoms with Gasteiger partial charge in [-0.05, 0) is 37.5 Å². The third-order valence-corrected chi connectivity index (χ3v) is 5.49. The van der Waals surface area contributed by atoms with Crippen LogP contribution in [0.3, 0.4) is 0 Å². The van der Waals surface area contributed by atoms with Crippen molar-refractivity contribution in [2.75, 3.05) is 39.4 Å². The molecule has 2 heterocycles. The molecule has 0 bridgehead atoms. The average Bonchev–Trinajstić information content (AvgIpc) is 3.22. The number of guanidine groups is 1. The molecule has 146 valence electrons. The van der Waals surface area contributed by atoms with E-state index in [9.17, 15) is 4.39 Å². The molecule has 3 rings (SSSR count). The van der Waals surface area contributed by atoms with Crippen molar-refractivity contribution < 1.29 is 9.13 Å². The summed E-state index contributed by atoms with van der Waals surface area (Å²) in [6.07, 6.45) is 2.32. The molecule has 1 unspecified atom stereocenters. The highest BCUT2D eigenvalue weighted by Crippen LogP contribution is 2.38. The van der Waals surface area contributed by atoms with Crippen LogP contribution in [0.1, 0.15) is 39.2 Å². The minimum Gasteiger partial charge on any atom is -0.381 e. The van der Waals surface area contributed by atoms with E-state index in [0.29, 0.717) is 12.0 Å². The van der Waals surface area contributed by atoms with Crippen molar-refractivity contribution in [3.8, 4) is 0 Å². The predicted molar refractivity (Wildman–Crippen MR) is 115 cm³/mol. The van der Waals surface area contributed by atoms with Crippen LogP contribution in [0.5, 0.6) is 0 Å². The van der Waals surface area contributed by atoms with E-state index in [4.69, 9.17) is 9.73 Å². The van der Waals surface area contributed by atoms with Crippen LogP contribution in [-0.4, -0.2) is 50.3 Å². The summed E-state index contributed by atoms with van der Waals surface area (Å²) in [5.74, 6) is 0.778. The van der Waals surface area contributed by atoms with Crippen molar-refractivity contribution in [1.29, 1.82) is 0 Å². The summed E-state index contributed by atoms with van der Waals surface area (Å²) in [5.41, 5.74) is 1.08. The van der Waals surface area contributed by atoms with Crippen LogP contribution in [0.25, 0.3) is 0 Å². The molecule has 1 atom stereocenters. The van der Waals surface area contributed by atoms with Crippen molar-refractivity contribution in [3.05, 3.63) is 35.6 Å². The number of likely N-dealkylation sites (tertiary alicyclic amines) is 1. The molecule has 1 aromatic rings. The zero-order valence-corrected chi connectivity index (χ0v) is 18.4. The molecule has 2 fully saturated rings. The van der Waals surface area contributed by atoms with Gasteiger partial charge in [0, 0.05) is 37.1 Å². The first kappa shape index (κ1) is 21.4. The van der Waals surface area contributed by atoms with E-state index in [1.165, 1.54) is 12.5 Å². The summed E-state index contributed by atoms with van der Waals surface area (Å²) in [4.78, 5) is 7.26. The van der Waals surface area contributed by atoms with Gasteiger partial charge in [-0.15, -0.1) is 24.0 Å². The minimum absolute atomic E-state index is 0. The van der Waals surface area contributed by atoms with E-state index in [-0.39, 0.29) is 35.2 Å². The number of aliphatic imine (C=N–C) groups is 1. The van der Waals surface area contributed by atoms with E-state index in [1.807, 2.05) is 6.07 Å². The monoisotopic (exact) mass is 475 g/mol. The Morgan fingerprint density at radius 2 is 2.19 bits per heavy atom. The number of rotatable bonds is 4. The van der Waals surface area contributed by atoms with Crippen LogP contribution in [-0.2, 0) is 10.2 Å². The van der Waals surface area contributed by atoms with Crippen molar-refractivity contribution in [2.45, 2.75) is 39.0 Å². The Hall–Kier alpha value is -0.890. The van der Waals surface area contributed by atoms with Crippen LogP contribution in [0.2, 0.25) is 0 Å².